The molecule has 1 spiro atoms. The van der Waals surface area contributed by atoms with Gasteiger partial charge in [-0.05, 0) is 112 Å². The number of likely N-dealkylation sites (N-methyl/N-ethyl adjacent to an activating group) is 1. The molecule has 3 N–H and O–H groups in total. The molecule has 2 aromatic rings. The summed E-state index contributed by atoms with van der Waals surface area (Å²) in [6, 6.07) is 9.36. The molecule has 2 bridgehead atoms. The first-order valence-corrected chi connectivity index (χ1v) is 21.2. The van der Waals surface area contributed by atoms with E-state index in [1.54, 1.807) is 24.9 Å². The van der Waals surface area contributed by atoms with E-state index in [0.717, 1.165) is 57.2 Å². The number of amides is 2. The minimum Gasteiger partial charge on any atom is -0.491 e. The molecule has 4 aliphatic heterocycles. The summed E-state index contributed by atoms with van der Waals surface area (Å²) in [6.45, 7) is 8.01. The lowest BCUT2D eigenvalue weighted by Gasteiger charge is -2.41. The Balaban J connectivity index is 1.36. The van der Waals surface area contributed by atoms with Crippen molar-refractivity contribution in [3.8, 4) is 5.75 Å². The summed E-state index contributed by atoms with van der Waals surface area (Å²) in [5, 5.41) is -0.365. The standard InChI is InChI=1S/C40H55ClFN5O6S/c1-27-8-12-34(42)37(39(49)45(3)18-19-46-20-22-52-23-21-46)47-17-5-7-32(47)14-16-40(15-4-6-29-24-31(41)10-11-33(29)40)26-53-36-13-9-30(25-35(36)43)38(48)44-54(50,51)28(27)2/h9-13,24-25,27-28,32,37H,4-8,14-23,26,43H2,1-3H3,(H,44,48)/b34-12-/t27-,28+,32-,37-,40-/m0/s1. The largest absolute Gasteiger partial charge is 0.491 e. The van der Waals surface area contributed by atoms with Gasteiger partial charge in [-0.2, -0.15) is 0 Å². The SMILES string of the molecule is C[C@@H]1[C@@H](C)C/C=C(\F)[C@@H](C(=O)N(C)CCN2CCOCC2)N2CCC[C@H]2CC[C@@]2(CCCc3cc(Cl)ccc32)COc2ccc(cc2N)C(=O)NS1(=O)=O. The quantitative estimate of drug-likeness (QED) is 0.395. The Morgan fingerprint density at radius 2 is 1.87 bits per heavy atom. The molecule has 4 heterocycles. The van der Waals surface area contributed by atoms with E-state index in [1.165, 1.54) is 30.7 Å². The second-order valence-electron chi connectivity index (χ2n) is 15.6. The van der Waals surface area contributed by atoms with Crippen LogP contribution in [-0.2, 0) is 31.4 Å². The topological polar surface area (TPSA) is 135 Å². The van der Waals surface area contributed by atoms with Crippen molar-refractivity contribution in [3.05, 3.63) is 70.0 Å². The maximum atomic E-state index is 16.8. The number of benzene rings is 2. The number of hydrogen-bond acceptors (Lipinski definition) is 9. The monoisotopic (exact) mass is 787 g/mol. The number of anilines is 1. The predicted octanol–water partition coefficient (Wildman–Crippen LogP) is 5.32. The molecule has 0 radical (unpaired) electrons. The number of carbonyl (C=O) groups excluding carboxylic acids is 2. The number of nitrogens with zero attached hydrogens (tertiary/aromatic N) is 3. The summed E-state index contributed by atoms with van der Waals surface area (Å²) in [4.78, 5) is 33.4. The second-order valence-corrected chi connectivity index (χ2v) is 18.1. The van der Waals surface area contributed by atoms with Crippen molar-refractivity contribution < 1.29 is 31.9 Å². The number of nitrogen functional groups attached to an aromatic ring is 1. The second kappa shape index (κ2) is 17.3. The van der Waals surface area contributed by atoms with Crippen LogP contribution >= 0.6 is 11.6 Å². The maximum absolute atomic E-state index is 16.8. The summed E-state index contributed by atoms with van der Waals surface area (Å²) in [5.41, 5.74) is 8.64. The fourth-order valence-electron chi connectivity index (χ4n) is 8.55. The molecule has 2 aromatic carbocycles. The first kappa shape index (κ1) is 40.4. The summed E-state index contributed by atoms with van der Waals surface area (Å²) in [5.74, 6) is -1.89. The number of fused-ring (bicyclic) bond motifs is 12. The van der Waals surface area contributed by atoms with Crippen molar-refractivity contribution in [2.24, 2.45) is 5.92 Å². The van der Waals surface area contributed by atoms with E-state index in [4.69, 9.17) is 26.8 Å². The number of sulfonamides is 1. The van der Waals surface area contributed by atoms with Crippen molar-refractivity contribution in [1.82, 2.24) is 19.4 Å². The molecule has 2 amide bonds. The van der Waals surface area contributed by atoms with Crippen LogP contribution in [0.25, 0.3) is 0 Å². The lowest BCUT2D eigenvalue weighted by atomic mass is 9.67. The molecule has 7 rings (SSSR count). The van der Waals surface area contributed by atoms with Gasteiger partial charge in [-0.3, -0.25) is 19.4 Å². The van der Waals surface area contributed by atoms with Crippen LogP contribution in [0.4, 0.5) is 10.1 Å². The highest BCUT2D eigenvalue weighted by atomic mass is 35.5. The van der Waals surface area contributed by atoms with Crippen LogP contribution in [0.2, 0.25) is 5.02 Å². The van der Waals surface area contributed by atoms with Gasteiger partial charge >= 0.3 is 0 Å². The molecule has 11 nitrogen and oxygen atoms in total. The number of halogens is 2. The Labute approximate surface area is 324 Å². The van der Waals surface area contributed by atoms with Crippen molar-refractivity contribution in [3.63, 3.8) is 0 Å². The molecular formula is C40H55ClFN5O6S. The minimum absolute atomic E-state index is 0.0588. The van der Waals surface area contributed by atoms with Crippen LogP contribution < -0.4 is 15.2 Å². The highest BCUT2D eigenvalue weighted by Gasteiger charge is 2.43. The first-order valence-electron chi connectivity index (χ1n) is 19.3. The molecule has 0 aromatic heterocycles. The molecule has 54 heavy (non-hydrogen) atoms. The molecule has 2 saturated heterocycles. The molecule has 5 aliphatic rings. The number of hydrogen-bond donors (Lipinski definition) is 2. The normalized spacial score (nSPS) is 29.6. The molecular weight excluding hydrogens is 733 g/mol. The number of rotatable bonds is 4. The van der Waals surface area contributed by atoms with Crippen LogP contribution in [-0.4, -0.2) is 112 Å². The van der Waals surface area contributed by atoms with Crippen LogP contribution in [0.3, 0.4) is 0 Å². The first-order chi connectivity index (χ1) is 25.8. The van der Waals surface area contributed by atoms with Crippen molar-refractivity contribution in [2.75, 3.05) is 65.3 Å². The minimum atomic E-state index is -4.16. The Morgan fingerprint density at radius 3 is 2.63 bits per heavy atom. The summed E-state index contributed by atoms with van der Waals surface area (Å²) in [7, 11) is -2.43. The van der Waals surface area contributed by atoms with E-state index < -0.39 is 44.4 Å². The van der Waals surface area contributed by atoms with Gasteiger partial charge in [0, 0.05) is 55.3 Å². The van der Waals surface area contributed by atoms with E-state index in [-0.39, 0.29) is 29.6 Å². The van der Waals surface area contributed by atoms with E-state index in [2.05, 4.69) is 15.7 Å². The lowest BCUT2D eigenvalue weighted by molar-refractivity contribution is -0.135. The Morgan fingerprint density at radius 1 is 1.09 bits per heavy atom. The number of nitrogens with one attached hydrogen (secondary N) is 1. The van der Waals surface area contributed by atoms with Crippen LogP contribution in [0.5, 0.6) is 5.75 Å². The van der Waals surface area contributed by atoms with Crippen molar-refractivity contribution >= 4 is 39.1 Å². The number of nitrogens with two attached hydrogens (primary N) is 1. The number of morpholine rings is 1. The van der Waals surface area contributed by atoms with E-state index in [0.29, 0.717) is 56.6 Å². The zero-order valence-corrected chi connectivity index (χ0v) is 33.3. The number of ether oxygens (including phenoxy) is 2. The average molecular weight is 788 g/mol. The summed E-state index contributed by atoms with van der Waals surface area (Å²) >= 11 is 6.47. The Bertz CT molecular complexity index is 1820. The highest BCUT2D eigenvalue weighted by Crippen LogP contribution is 2.44. The van der Waals surface area contributed by atoms with Crippen molar-refractivity contribution in [1.29, 1.82) is 0 Å². The van der Waals surface area contributed by atoms with Crippen LogP contribution in [0.15, 0.2) is 48.3 Å². The third-order valence-corrected chi connectivity index (χ3v) is 14.3. The van der Waals surface area contributed by atoms with E-state index in [9.17, 15) is 18.0 Å². The van der Waals surface area contributed by atoms with Gasteiger partial charge in [0.25, 0.3) is 5.91 Å². The predicted molar refractivity (Wildman–Crippen MR) is 209 cm³/mol. The van der Waals surface area contributed by atoms with Gasteiger partial charge in [0.1, 0.15) is 17.6 Å². The van der Waals surface area contributed by atoms with Crippen LogP contribution in [0.1, 0.15) is 80.3 Å². The summed E-state index contributed by atoms with van der Waals surface area (Å²) in [6.07, 6.45) is 7.18. The molecule has 1 aliphatic carbocycles. The van der Waals surface area contributed by atoms with Gasteiger partial charge in [0.15, 0.2) is 0 Å². The lowest BCUT2D eigenvalue weighted by Crippen LogP contribution is -2.52. The zero-order valence-electron chi connectivity index (χ0n) is 31.7. The molecule has 5 atom stereocenters. The Kier molecular flexibility index (Phi) is 12.9. The number of carbonyl (C=O) groups is 2. The number of allylic oxidation sites excluding steroid dienone is 1. The Hall–Kier alpha value is -3.23. The third-order valence-electron chi connectivity index (χ3n) is 12.2. The van der Waals surface area contributed by atoms with Gasteiger partial charge in [0.05, 0.1) is 30.8 Å². The number of aryl methyl sites for hydroxylation is 1. The van der Waals surface area contributed by atoms with Gasteiger partial charge in [-0.25, -0.2) is 17.5 Å². The summed E-state index contributed by atoms with van der Waals surface area (Å²) < 4.78 is 57.7. The van der Waals surface area contributed by atoms with Gasteiger partial charge < -0.3 is 20.1 Å². The van der Waals surface area contributed by atoms with E-state index >= 15 is 4.39 Å². The maximum Gasteiger partial charge on any atom is 0.264 e. The van der Waals surface area contributed by atoms with Gasteiger partial charge in [-0.1, -0.05) is 30.7 Å². The molecule has 296 valence electrons. The highest BCUT2D eigenvalue weighted by molar-refractivity contribution is 7.90. The fraction of sp³-hybridized carbons (Fsp3) is 0.600. The average Bonchev–Trinajstić information content (AvgIpc) is 3.62. The van der Waals surface area contributed by atoms with E-state index in [1.807, 2.05) is 17.0 Å². The van der Waals surface area contributed by atoms with Gasteiger partial charge in [0.2, 0.25) is 15.9 Å². The van der Waals surface area contributed by atoms with Gasteiger partial charge in [-0.15, -0.1) is 0 Å². The molecule has 0 saturated carbocycles. The van der Waals surface area contributed by atoms with Crippen molar-refractivity contribution in [2.45, 2.75) is 88.0 Å². The molecule has 0 unspecified atom stereocenters. The van der Waals surface area contributed by atoms with Crippen LogP contribution in [0, 0.1) is 5.92 Å². The smallest absolute Gasteiger partial charge is 0.264 e. The molecule has 2 fully saturated rings. The third kappa shape index (κ3) is 9.07. The fourth-order valence-corrected chi connectivity index (χ4v) is 10.0. The molecule has 14 heteroatoms. The zero-order chi connectivity index (χ0) is 38.6.